The number of nitrogens with zero attached hydrogens (tertiary/aromatic N) is 1. The lowest BCUT2D eigenvalue weighted by Gasteiger charge is -2.27. The lowest BCUT2D eigenvalue weighted by Crippen LogP contribution is -2.33. The van der Waals surface area contributed by atoms with Crippen molar-refractivity contribution >= 4 is 9.84 Å². The molecule has 1 aliphatic rings. The highest BCUT2D eigenvalue weighted by molar-refractivity contribution is 7.91. The van der Waals surface area contributed by atoms with Crippen LogP contribution in [0.5, 0.6) is 5.75 Å². The van der Waals surface area contributed by atoms with E-state index in [0.29, 0.717) is 30.6 Å². The molecule has 0 aliphatic carbocycles. The van der Waals surface area contributed by atoms with Crippen LogP contribution in [-0.4, -0.2) is 44.0 Å². The van der Waals surface area contributed by atoms with Gasteiger partial charge in [0.2, 0.25) is 0 Å². The predicted octanol–water partition coefficient (Wildman–Crippen LogP) is 2.91. The van der Waals surface area contributed by atoms with E-state index in [9.17, 15) is 17.2 Å². The minimum absolute atomic E-state index is 0.169. The summed E-state index contributed by atoms with van der Waals surface area (Å²) in [6.07, 6.45) is 0.618. The SMILES string of the molecule is Cc1cc(CN2CCS(=O)(=O)CCC2C)cc(C)c1OC(F)F. The summed E-state index contributed by atoms with van der Waals surface area (Å²) >= 11 is 0. The second-order valence-corrected chi connectivity index (χ2v) is 8.50. The first-order valence-electron chi connectivity index (χ1n) is 7.67. The molecule has 0 N–H and O–H groups in total. The molecular weight excluding hydrogens is 324 g/mol. The van der Waals surface area contributed by atoms with Crippen molar-refractivity contribution in [3.05, 3.63) is 28.8 Å². The Morgan fingerprint density at radius 1 is 1.26 bits per heavy atom. The Bertz CT molecular complexity index is 638. The van der Waals surface area contributed by atoms with Gasteiger partial charge in [-0.05, 0) is 43.9 Å². The van der Waals surface area contributed by atoms with Crippen molar-refractivity contribution in [2.45, 2.75) is 46.4 Å². The van der Waals surface area contributed by atoms with Crippen molar-refractivity contribution in [2.75, 3.05) is 18.1 Å². The van der Waals surface area contributed by atoms with Crippen LogP contribution >= 0.6 is 0 Å². The van der Waals surface area contributed by atoms with Crippen LogP contribution in [0.1, 0.15) is 30.0 Å². The first-order valence-corrected chi connectivity index (χ1v) is 9.49. The maximum Gasteiger partial charge on any atom is 0.387 e. The van der Waals surface area contributed by atoms with Gasteiger partial charge >= 0.3 is 6.61 Å². The molecule has 1 fully saturated rings. The number of hydrogen-bond acceptors (Lipinski definition) is 4. The molecule has 0 bridgehead atoms. The third kappa shape index (κ3) is 4.88. The monoisotopic (exact) mass is 347 g/mol. The molecule has 1 atom stereocenters. The molecule has 0 spiro atoms. The van der Waals surface area contributed by atoms with Gasteiger partial charge in [-0.1, -0.05) is 12.1 Å². The largest absolute Gasteiger partial charge is 0.434 e. The zero-order valence-corrected chi connectivity index (χ0v) is 14.5. The average molecular weight is 347 g/mol. The molecule has 1 aliphatic heterocycles. The molecule has 1 aromatic rings. The zero-order chi connectivity index (χ0) is 17.2. The van der Waals surface area contributed by atoms with E-state index >= 15 is 0 Å². The quantitative estimate of drug-likeness (QED) is 0.840. The summed E-state index contributed by atoms with van der Waals surface area (Å²) in [5.41, 5.74) is 2.30. The summed E-state index contributed by atoms with van der Waals surface area (Å²) in [7, 11) is -2.96. The average Bonchev–Trinajstić information content (AvgIpc) is 2.56. The minimum Gasteiger partial charge on any atom is -0.434 e. The fourth-order valence-corrected chi connectivity index (χ4v) is 4.40. The smallest absolute Gasteiger partial charge is 0.387 e. The number of hydrogen-bond donors (Lipinski definition) is 0. The molecule has 4 nitrogen and oxygen atoms in total. The van der Waals surface area contributed by atoms with E-state index in [4.69, 9.17) is 0 Å². The van der Waals surface area contributed by atoms with Crippen LogP contribution in [0, 0.1) is 13.8 Å². The maximum atomic E-state index is 12.4. The minimum atomic E-state index is -2.96. The van der Waals surface area contributed by atoms with Gasteiger partial charge in [-0.2, -0.15) is 8.78 Å². The number of aryl methyl sites for hydroxylation is 2. The van der Waals surface area contributed by atoms with Crippen LogP contribution in [0.3, 0.4) is 0 Å². The molecule has 0 saturated carbocycles. The van der Waals surface area contributed by atoms with Crippen LogP contribution in [0.15, 0.2) is 12.1 Å². The Hall–Kier alpha value is -1.21. The fraction of sp³-hybridized carbons (Fsp3) is 0.625. The number of ether oxygens (including phenoxy) is 1. The molecule has 0 radical (unpaired) electrons. The van der Waals surface area contributed by atoms with Crippen molar-refractivity contribution in [2.24, 2.45) is 0 Å². The second kappa shape index (κ2) is 7.13. The summed E-state index contributed by atoms with van der Waals surface area (Å²) in [5, 5.41) is 0. The van der Waals surface area contributed by atoms with Gasteiger partial charge in [-0.25, -0.2) is 8.42 Å². The number of alkyl halides is 2. The first-order chi connectivity index (χ1) is 10.7. The van der Waals surface area contributed by atoms with Crippen LogP contribution < -0.4 is 4.74 Å². The number of rotatable bonds is 4. The topological polar surface area (TPSA) is 46.6 Å². The molecule has 2 rings (SSSR count). The molecule has 0 aromatic heterocycles. The Kier molecular flexibility index (Phi) is 5.62. The van der Waals surface area contributed by atoms with Gasteiger partial charge in [0.15, 0.2) is 9.84 Å². The maximum absolute atomic E-state index is 12.4. The van der Waals surface area contributed by atoms with Crippen molar-refractivity contribution in [3.63, 3.8) is 0 Å². The molecule has 1 unspecified atom stereocenters. The van der Waals surface area contributed by atoms with Gasteiger partial charge in [0.25, 0.3) is 0 Å². The van der Waals surface area contributed by atoms with E-state index in [0.717, 1.165) is 5.56 Å². The van der Waals surface area contributed by atoms with Crippen LogP contribution in [0.2, 0.25) is 0 Å². The van der Waals surface area contributed by atoms with Gasteiger partial charge < -0.3 is 4.74 Å². The molecule has 130 valence electrons. The van der Waals surface area contributed by atoms with Crippen molar-refractivity contribution in [1.29, 1.82) is 0 Å². The van der Waals surface area contributed by atoms with E-state index in [2.05, 4.69) is 9.64 Å². The lowest BCUT2D eigenvalue weighted by molar-refractivity contribution is -0.0507. The Labute approximate surface area is 136 Å². The summed E-state index contributed by atoms with van der Waals surface area (Å²) in [5.74, 6) is 0.612. The Balaban J connectivity index is 2.16. The van der Waals surface area contributed by atoms with Crippen LogP contribution in [-0.2, 0) is 16.4 Å². The van der Waals surface area contributed by atoms with Gasteiger partial charge in [0, 0.05) is 19.1 Å². The number of sulfone groups is 1. The third-order valence-electron chi connectivity index (χ3n) is 4.27. The highest BCUT2D eigenvalue weighted by atomic mass is 32.2. The second-order valence-electron chi connectivity index (χ2n) is 6.20. The van der Waals surface area contributed by atoms with Crippen molar-refractivity contribution < 1.29 is 21.9 Å². The lowest BCUT2D eigenvalue weighted by atomic mass is 10.0. The van der Waals surface area contributed by atoms with E-state index < -0.39 is 16.4 Å². The fourth-order valence-electron chi connectivity index (χ4n) is 2.99. The Morgan fingerprint density at radius 2 is 1.87 bits per heavy atom. The number of benzene rings is 1. The van der Waals surface area contributed by atoms with E-state index in [1.807, 2.05) is 19.1 Å². The standard InChI is InChI=1S/C16H23F2NO3S/c1-11-8-14(9-12(2)15(11)22-16(17)18)10-19-5-7-23(20,21)6-4-13(19)3/h8-9,13,16H,4-7,10H2,1-3H3. The predicted molar refractivity (Wildman–Crippen MR) is 85.7 cm³/mol. The van der Waals surface area contributed by atoms with E-state index in [1.54, 1.807) is 13.8 Å². The van der Waals surface area contributed by atoms with Crippen LogP contribution in [0.25, 0.3) is 0 Å². The summed E-state index contributed by atoms with van der Waals surface area (Å²) in [6, 6.07) is 3.83. The highest BCUT2D eigenvalue weighted by Crippen LogP contribution is 2.27. The van der Waals surface area contributed by atoms with Crippen LogP contribution in [0.4, 0.5) is 8.78 Å². The molecule has 23 heavy (non-hydrogen) atoms. The summed E-state index contributed by atoms with van der Waals surface area (Å²) in [4.78, 5) is 2.13. The zero-order valence-electron chi connectivity index (χ0n) is 13.7. The molecule has 1 saturated heterocycles. The van der Waals surface area contributed by atoms with E-state index in [1.165, 1.54) is 0 Å². The molecule has 1 aromatic carbocycles. The summed E-state index contributed by atoms with van der Waals surface area (Å²) < 4.78 is 52.9. The molecular formula is C16H23F2NO3S. The molecule has 1 heterocycles. The number of halogens is 2. The molecule has 0 amide bonds. The summed E-state index contributed by atoms with van der Waals surface area (Å²) in [6.45, 7) is 3.77. The van der Waals surface area contributed by atoms with Crippen molar-refractivity contribution in [1.82, 2.24) is 4.90 Å². The first kappa shape index (κ1) is 18.1. The third-order valence-corrected chi connectivity index (χ3v) is 5.93. The Morgan fingerprint density at radius 3 is 2.43 bits per heavy atom. The van der Waals surface area contributed by atoms with Gasteiger partial charge in [-0.15, -0.1) is 0 Å². The van der Waals surface area contributed by atoms with Gasteiger partial charge in [0.1, 0.15) is 5.75 Å². The van der Waals surface area contributed by atoms with E-state index in [-0.39, 0.29) is 23.3 Å². The van der Waals surface area contributed by atoms with Gasteiger partial charge in [-0.3, -0.25) is 4.90 Å². The normalized spacial score (nSPS) is 22.1. The molecule has 7 heteroatoms. The van der Waals surface area contributed by atoms with Crippen molar-refractivity contribution in [3.8, 4) is 5.75 Å². The highest BCUT2D eigenvalue weighted by Gasteiger charge is 2.24. The van der Waals surface area contributed by atoms with Gasteiger partial charge in [0.05, 0.1) is 11.5 Å².